The van der Waals surface area contributed by atoms with Crippen molar-refractivity contribution in [2.24, 2.45) is 0 Å². The van der Waals surface area contributed by atoms with Gasteiger partial charge in [0.05, 0.1) is 0 Å². The molecule has 7 nitrogen and oxygen atoms in total. The van der Waals surface area contributed by atoms with Crippen LogP contribution >= 0.6 is 11.8 Å². The number of hydrogen-bond acceptors (Lipinski definition) is 6. The van der Waals surface area contributed by atoms with Crippen molar-refractivity contribution in [1.29, 1.82) is 0 Å². The van der Waals surface area contributed by atoms with Crippen LogP contribution in [0.4, 0.5) is 0 Å². The van der Waals surface area contributed by atoms with Gasteiger partial charge < -0.3 is 9.73 Å². The number of nitrogens with zero attached hydrogens (tertiary/aromatic N) is 3. The van der Waals surface area contributed by atoms with Gasteiger partial charge in [0.1, 0.15) is 11.9 Å². The second-order valence-electron chi connectivity index (χ2n) is 5.52. The molecular formula is C18H15N5O2S. The molecule has 0 saturated heterocycles. The van der Waals surface area contributed by atoms with Gasteiger partial charge in [0.15, 0.2) is 10.9 Å². The fourth-order valence-electron chi connectivity index (χ4n) is 2.59. The second kappa shape index (κ2) is 7.40. The summed E-state index contributed by atoms with van der Waals surface area (Å²) in [6.45, 7) is 0.410. The van der Waals surface area contributed by atoms with Crippen LogP contribution in [0.2, 0.25) is 0 Å². The van der Waals surface area contributed by atoms with E-state index in [-0.39, 0.29) is 5.91 Å². The van der Waals surface area contributed by atoms with Crippen LogP contribution in [0.5, 0.6) is 0 Å². The number of aromatic amines is 1. The molecule has 0 aliphatic carbocycles. The van der Waals surface area contributed by atoms with Gasteiger partial charge in [-0.05, 0) is 23.8 Å². The van der Waals surface area contributed by atoms with Crippen LogP contribution in [0.25, 0.3) is 11.0 Å². The van der Waals surface area contributed by atoms with E-state index in [4.69, 9.17) is 4.42 Å². The first kappa shape index (κ1) is 16.3. The van der Waals surface area contributed by atoms with E-state index in [1.54, 1.807) is 12.4 Å². The van der Waals surface area contributed by atoms with E-state index in [0.717, 1.165) is 16.5 Å². The van der Waals surface area contributed by atoms with Gasteiger partial charge >= 0.3 is 0 Å². The standard InChI is InChI=1S/C18H15N5O2S/c24-17(20-9-12-5-7-19-8-6-12)16-14(10-26-18-21-11-22-23-18)13-3-1-2-4-15(13)25-16/h1-8,11H,9-10H2,(H,20,24)(H,21,22,23). The van der Waals surface area contributed by atoms with Crippen LogP contribution in [-0.4, -0.2) is 26.1 Å². The number of carbonyl (C=O) groups is 1. The highest BCUT2D eigenvalue weighted by Crippen LogP contribution is 2.30. The molecule has 130 valence electrons. The average Bonchev–Trinajstić information content (AvgIpc) is 3.33. The minimum Gasteiger partial charge on any atom is -0.451 e. The summed E-state index contributed by atoms with van der Waals surface area (Å²) >= 11 is 1.47. The molecule has 8 heteroatoms. The Hall–Kier alpha value is -3.13. The zero-order valence-electron chi connectivity index (χ0n) is 13.7. The van der Waals surface area contributed by atoms with Crippen LogP contribution in [0.3, 0.4) is 0 Å². The van der Waals surface area contributed by atoms with Crippen LogP contribution in [0.15, 0.2) is 64.7 Å². The van der Waals surface area contributed by atoms with Gasteiger partial charge in [0, 0.05) is 35.6 Å². The SMILES string of the molecule is O=C(NCc1ccncc1)c1oc2ccccc2c1CSc1ncn[nH]1. The summed E-state index contributed by atoms with van der Waals surface area (Å²) in [5, 5.41) is 11.2. The van der Waals surface area contributed by atoms with E-state index in [9.17, 15) is 4.79 Å². The number of amides is 1. The molecule has 0 saturated carbocycles. The third-order valence-electron chi connectivity index (χ3n) is 3.85. The van der Waals surface area contributed by atoms with Crippen molar-refractivity contribution in [3.8, 4) is 0 Å². The number of benzene rings is 1. The van der Waals surface area contributed by atoms with E-state index in [1.165, 1.54) is 18.1 Å². The Morgan fingerprint density at radius 1 is 1.19 bits per heavy atom. The molecule has 0 bridgehead atoms. The Bertz CT molecular complexity index is 1010. The van der Waals surface area contributed by atoms with Gasteiger partial charge in [0.2, 0.25) is 0 Å². The molecule has 3 aromatic heterocycles. The van der Waals surface area contributed by atoms with Gasteiger partial charge in [-0.25, -0.2) is 4.98 Å². The van der Waals surface area contributed by atoms with Crippen LogP contribution in [0, 0.1) is 0 Å². The summed E-state index contributed by atoms with van der Waals surface area (Å²) in [4.78, 5) is 20.8. The molecule has 0 radical (unpaired) electrons. The highest BCUT2D eigenvalue weighted by molar-refractivity contribution is 7.98. The van der Waals surface area contributed by atoms with Gasteiger partial charge in [0.25, 0.3) is 5.91 Å². The molecule has 3 heterocycles. The normalized spacial score (nSPS) is 10.9. The summed E-state index contributed by atoms with van der Waals surface area (Å²) < 4.78 is 5.84. The maximum atomic E-state index is 12.7. The molecule has 0 fully saturated rings. The lowest BCUT2D eigenvalue weighted by atomic mass is 10.1. The quantitative estimate of drug-likeness (QED) is 0.510. The number of pyridine rings is 1. The Morgan fingerprint density at radius 2 is 2.04 bits per heavy atom. The van der Waals surface area contributed by atoms with Crippen molar-refractivity contribution in [2.75, 3.05) is 0 Å². The fourth-order valence-corrected chi connectivity index (χ4v) is 3.40. The lowest BCUT2D eigenvalue weighted by Crippen LogP contribution is -2.23. The summed E-state index contributed by atoms with van der Waals surface area (Å²) in [6, 6.07) is 11.3. The van der Waals surface area contributed by atoms with Crippen LogP contribution < -0.4 is 5.32 Å². The number of thioether (sulfide) groups is 1. The highest BCUT2D eigenvalue weighted by Gasteiger charge is 2.20. The van der Waals surface area contributed by atoms with Gasteiger partial charge in [-0.15, -0.1) is 0 Å². The van der Waals surface area contributed by atoms with Crippen molar-refractivity contribution < 1.29 is 9.21 Å². The molecule has 0 spiro atoms. The number of para-hydroxylation sites is 1. The minimum atomic E-state index is -0.244. The Labute approximate surface area is 153 Å². The predicted molar refractivity (Wildman–Crippen MR) is 97.6 cm³/mol. The predicted octanol–water partition coefficient (Wildman–Crippen LogP) is 3.17. The number of fused-ring (bicyclic) bond motifs is 1. The number of hydrogen-bond donors (Lipinski definition) is 2. The minimum absolute atomic E-state index is 0.244. The second-order valence-corrected chi connectivity index (χ2v) is 6.49. The lowest BCUT2D eigenvalue weighted by molar-refractivity contribution is 0.0924. The number of carbonyl (C=O) groups excluding carboxylic acids is 1. The Morgan fingerprint density at radius 3 is 2.85 bits per heavy atom. The number of H-pyrrole nitrogens is 1. The van der Waals surface area contributed by atoms with Crippen molar-refractivity contribution in [1.82, 2.24) is 25.5 Å². The van der Waals surface area contributed by atoms with Crippen LogP contribution in [-0.2, 0) is 12.3 Å². The number of rotatable bonds is 6. The maximum absolute atomic E-state index is 12.7. The number of nitrogens with one attached hydrogen (secondary N) is 2. The van der Waals surface area contributed by atoms with Gasteiger partial charge in [-0.1, -0.05) is 30.0 Å². The van der Waals surface area contributed by atoms with Gasteiger partial charge in [-0.3, -0.25) is 14.9 Å². The van der Waals surface area contributed by atoms with E-state index in [0.29, 0.717) is 28.8 Å². The molecule has 0 atom stereocenters. The zero-order chi connectivity index (χ0) is 17.8. The molecule has 0 unspecified atom stereocenters. The molecule has 4 rings (SSSR count). The average molecular weight is 365 g/mol. The van der Waals surface area contributed by atoms with Crippen LogP contribution in [0.1, 0.15) is 21.7 Å². The van der Waals surface area contributed by atoms with E-state index >= 15 is 0 Å². The van der Waals surface area contributed by atoms with E-state index < -0.39 is 0 Å². The smallest absolute Gasteiger partial charge is 0.287 e. The molecule has 0 aliphatic rings. The molecule has 1 aromatic carbocycles. The lowest BCUT2D eigenvalue weighted by Gasteiger charge is -2.05. The number of furan rings is 1. The van der Waals surface area contributed by atoms with E-state index in [2.05, 4.69) is 25.5 Å². The third-order valence-corrected chi connectivity index (χ3v) is 4.76. The summed E-state index contributed by atoms with van der Waals surface area (Å²) in [7, 11) is 0. The molecule has 0 aliphatic heterocycles. The first-order chi connectivity index (χ1) is 12.8. The summed E-state index contributed by atoms with van der Waals surface area (Å²) in [5.74, 6) is 0.628. The summed E-state index contributed by atoms with van der Waals surface area (Å²) in [6.07, 6.45) is 4.85. The first-order valence-electron chi connectivity index (χ1n) is 7.97. The zero-order valence-corrected chi connectivity index (χ0v) is 14.5. The highest BCUT2D eigenvalue weighted by atomic mass is 32.2. The monoisotopic (exact) mass is 365 g/mol. The van der Waals surface area contributed by atoms with Crippen molar-refractivity contribution in [2.45, 2.75) is 17.5 Å². The van der Waals surface area contributed by atoms with Gasteiger partial charge in [-0.2, -0.15) is 5.10 Å². The fraction of sp³-hybridized carbons (Fsp3) is 0.111. The Balaban J connectivity index is 1.58. The maximum Gasteiger partial charge on any atom is 0.287 e. The van der Waals surface area contributed by atoms with Crippen molar-refractivity contribution in [3.63, 3.8) is 0 Å². The first-order valence-corrected chi connectivity index (χ1v) is 8.95. The molecule has 1 amide bonds. The molecular weight excluding hydrogens is 350 g/mol. The van der Waals surface area contributed by atoms with E-state index in [1.807, 2.05) is 36.4 Å². The molecule has 26 heavy (non-hydrogen) atoms. The largest absolute Gasteiger partial charge is 0.451 e. The summed E-state index contributed by atoms with van der Waals surface area (Å²) in [5.41, 5.74) is 2.51. The topological polar surface area (TPSA) is 96.7 Å². The molecule has 4 aromatic rings. The number of aromatic nitrogens is 4. The molecule has 2 N–H and O–H groups in total. The van der Waals surface area contributed by atoms with Crippen molar-refractivity contribution >= 4 is 28.6 Å². The Kier molecular flexibility index (Phi) is 4.65. The third kappa shape index (κ3) is 3.45. The van der Waals surface area contributed by atoms with Crippen molar-refractivity contribution in [3.05, 3.63) is 72.0 Å².